The third-order valence-electron chi connectivity index (χ3n) is 4.70. The Balaban J connectivity index is 0.00000261. The van der Waals surface area contributed by atoms with Crippen molar-refractivity contribution < 1.29 is 14.2 Å². The zero-order valence-electron chi connectivity index (χ0n) is 16.4. The van der Waals surface area contributed by atoms with E-state index in [1.54, 1.807) is 0 Å². The van der Waals surface area contributed by atoms with E-state index in [0.717, 1.165) is 68.5 Å². The monoisotopic (exact) mass is 489 g/mol. The Morgan fingerprint density at radius 3 is 2.63 bits per heavy atom. The molecule has 6 nitrogen and oxygen atoms in total. The fourth-order valence-corrected chi connectivity index (χ4v) is 3.37. The number of nitrogens with one attached hydrogen (secondary N) is 1. The standard InChI is InChI=1S/C20H31N3O3.HI/c1-3-21-20(23-10-8-17(9-11-23)24-4-2)22-15-16-6-7-18-19(14-16)26-13-5-12-25-18;/h6-7,14,17H,3-5,8-13,15H2,1-2H3,(H,21,22);1H. The lowest BCUT2D eigenvalue weighted by Gasteiger charge is -2.34. The number of likely N-dealkylation sites (tertiary alicyclic amines) is 1. The van der Waals surface area contributed by atoms with E-state index in [4.69, 9.17) is 19.2 Å². The minimum Gasteiger partial charge on any atom is -0.490 e. The lowest BCUT2D eigenvalue weighted by atomic mass is 10.1. The summed E-state index contributed by atoms with van der Waals surface area (Å²) in [4.78, 5) is 7.18. The van der Waals surface area contributed by atoms with Crippen molar-refractivity contribution in [2.75, 3.05) is 39.5 Å². The molecule has 2 heterocycles. The molecule has 3 rings (SSSR count). The van der Waals surface area contributed by atoms with Crippen molar-refractivity contribution in [1.29, 1.82) is 0 Å². The van der Waals surface area contributed by atoms with E-state index >= 15 is 0 Å². The maximum atomic E-state index is 5.78. The Hall–Kier alpha value is -1.22. The van der Waals surface area contributed by atoms with Gasteiger partial charge in [0.1, 0.15) is 0 Å². The topological polar surface area (TPSA) is 55.3 Å². The summed E-state index contributed by atoms with van der Waals surface area (Å²) >= 11 is 0. The van der Waals surface area contributed by atoms with Gasteiger partial charge >= 0.3 is 0 Å². The molecule has 2 aliphatic rings. The molecular weight excluding hydrogens is 457 g/mol. The van der Waals surface area contributed by atoms with Gasteiger partial charge in [-0.25, -0.2) is 4.99 Å². The zero-order chi connectivity index (χ0) is 18.2. The Kier molecular flexibility index (Phi) is 9.47. The van der Waals surface area contributed by atoms with Crippen LogP contribution in [0, 0.1) is 0 Å². The molecule has 27 heavy (non-hydrogen) atoms. The second-order valence-corrected chi connectivity index (χ2v) is 6.64. The van der Waals surface area contributed by atoms with E-state index in [0.29, 0.717) is 25.9 Å². The third kappa shape index (κ3) is 6.41. The van der Waals surface area contributed by atoms with Crippen LogP contribution < -0.4 is 14.8 Å². The number of nitrogens with zero attached hydrogens (tertiary/aromatic N) is 2. The molecule has 1 aromatic rings. The second-order valence-electron chi connectivity index (χ2n) is 6.64. The largest absolute Gasteiger partial charge is 0.490 e. The van der Waals surface area contributed by atoms with Crippen molar-refractivity contribution in [1.82, 2.24) is 10.2 Å². The summed E-state index contributed by atoms with van der Waals surface area (Å²) in [5.74, 6) is 2.65. The van der Waals surface area contributed by atoms with Gasteiger partial charge in [-0.15, -0.1) is 24.0 Å². The molecule has 1 fully saturated rings. The minimum atomic E-state index is 0. The molecule has 0 aliphatic carbocycles. The van der Waals surface area contributed by atoms with Crippen LogP contribution in [-0.4, -0.2) is 56.4 Å². The first-order valence-corrected chi connectivity index (χ1v) is 9.83. The Morgan fingerprint density at radius 1 is 1.19 bits per heavy atom. The van der Waals surface area contributed by atoms with Crippen molar-refractivity contribution in [3.05, 3.63) is 23.8 Å². The predicted octanol–water partition coefficient (Wildman–Crippen LogP) is 3.43. The summed E-state index contributed by atoms with van der Waals surface area (Å²) < 4.78 is 17.2. The minimum absolute atomic E-state index is 0. The number of hydrogen-bond acceptors (Lipinski definition) is 4. The molecule has 0 atom stereocenters. The van der Waals surface area contributed by atoms with Crippen LogP contribution in [0.2, 0.25) is 0 Å². The quantitative estimate of drug-likeness (QED) is 0.390. The summed E-state index contributed by atoms with van der Waals surface area (Å²) in [5.41, 5.74) is 1.13. The number of hydrogen-bond donors (Lipinski definition) is 1. The number of fused-ring (bicyclic) bond motifs is 1. The van der Waals surface area contributed by atoms with Gasteiger partial charge < -0.3 is 24.4 Å². The summed E-state index contributed by atoms with van der Waals surface area (Å²) in [6, 6.07) is 6.11. The molecule has 1 N–H and O–H groups in total. The highest BCUT2D eigenvalue weighted by atomic mass is 127. The van der Waals surface area contributed by atoms with Crippen LogP contribution in [0.25, 0.3) is 0 Å². The van der Waals surface area contributed by atoms with Crippen LogP contribution in [0.3, 0.4) is 0 Å². The molecule has 0 saturated carbocycles. The number of piperidine rings is 1. The Labute approximate surface area is 179 Å². The van der Waals surface area contributed by atoms with Crippen molar-refractivity contribution in [3.63, 3.8) is 0 Å². The number of guanidine groups is 1. The summed E-state index contributed by atoms with van der Waals surface area (Å²) in [6.07, 6.45) is 3.43. The van der Waals surface area contributed by atoms with Crippen LogP contribution in [0.5, 0.6) is 11.5 Å². The van der Waals surface area contributed by atoms with Gasteiger partial charge in [0.2, 0.25) is 0 Å². The number of halogens is 1. The Morgan fingerprint density at radius 2 is 1.93 bits per heavy atom. The van der Waals surface area contributed by atoms with E-state index in [1.807, 2.05) is 6.07 Å². The third-order valence-corrected chi connectivity index (χ3v) is 4.70. The first-order valence-electron chi connectivity index (χ1n) is 9.83. The van der Waals surface area contributed by atoms with Gasteiger partial charge in [0.25, 0.3) is 0 Å². The molecule has 0 aromatic heterocycles. The lowest BCUT2D eigenvalue weighted by molar-refractivity contribution is 0.0263. The fourth-order valence-electron chi connectivity index (χ4n) is 3.37. The predicted molar refractivity (Wildman–Crippen MR) is 119 cm³/mol. The van der Waals surface area contributed by atoms with Crippen molar-refractivity contribution in [2.45, 2.75) is 45.8 Å². The van der Waals surface area contributed by atoms with Crippen molar-refractivity contribution >= 4 is 29.9 Å². The van der Waals surface area contributed by atoms with Crippen molar-refractivity contribution in [2.24, 2.45) is 4.99 Å². The average molecular weight is 489 g/mol. The zero-order valence-corrected chi connectivity index (χ0v) is 18.7. The van der Waals surface area contributed by atoms with Gasteiger partial charge in [-0.2, -0.15) is 0 Å². The smallest absolute Gasteiger partial charge is 0.194 e. The molecule has 1 saturated heterocycles. The number of aliphatic imine (C=N–C) groups is 1. The normalized spacial score (nSPS) is 17.9. The summed E-state index contributed by atoms with van der Waals surface area (Å²) in [6.45, 7) is 9.85. The van der Waals surface area contributed by atoms with E-state index in [9.17, 15) is 0 Å². The van der Waals surface area contributed by atoms with E-state index < -0.39 is 0 Å². The summed E-state index contributed by atoms with van der Waals surface area (Å²) in [7, 11) is 0. The average Bonchev–Trinajstić information content (AvgIpc) is 2.91. The molecule has 0 unspecified atom stereocenters. The van der Waals surface area contributed by atoms with Crippen LogP contribution in [0.4, 0.5) is 0 Å². The van der Waals surface area contributed by atoms with Gasteiger partial charge in [-0.1, -0.05) is 6.07 Å². The van der Waals surface area contributed by atoms with Crippen LogP contribution in [-0.2, 0) is 11.3 Å². The van der Waals surface area contributed by atoms with Gasteiger partial charge in [0.15, 0.2) is 17.5 Å². The molecular formula is C20H32IN3O3. The number of benzene rings is 1. The van der Waals surface area contributed by atoms with E-state index in [2.05, 4.69) is 36.2 Å². The second kappa shape index (κ2) is 11.6. The molecule has 7 heteroatoms. The van der Waals surface area contributed by atoms with Crippen LogP contribution in [0.1, 0.15) is 38.7 Å². The highest BCUT2D eigenvalue weighted by molar-refractivity contribution is 14.0. The van der Waals surface area contributed by atoms with Crippen molar-refractivity contribution in [3.8, 4) is 11.5 Å². The molecule has 152 valence electrons. The summed E-state index contributed by atoms with van der Waals surface area (Å²) in [5, 5.41) is 3.42. The molecule has 0 bridgehead atoms. The first kappa shape index (κ1) is 22.1. The maximum absolute atomic E-state index is 5.78. The Bertz CT molecular complexity index is 604. The van der Waals surface area contributed by atoms with E-state index in [1.165, 1.54) is 0 Å². The van der Waals surface area contributed by atoms with Gasteiger partial charge in [0.05, 0.1) is 25.9 Å². The molecule has 0 radical (unpaired) electrons. The van der Waals surface area contributed by atoms with Gasteiger partial charge in [0, 0.05) is 32.7 Å². The number of rotatable bonds is 5. The first-order chi connectivity index (χ1) is 12.8. The van der Waals surface area contributed by atoms with Crippen LogP contribution in [0.15, 0.2) is 23.2 Å². The van der Waals surface area contributed by atoms with Crippen LogP contribution >= 0.6 is 24.0 Å². The molecule has 2 aliphatic heterocycles. The van der Waals surface area contributed by atoms with Gasteiger partial charge in [-0.3, -0.25) is 0 Å². The molecule has 1 aromatic carbocycles. The van der Waals surface area contributed by atoms with Gasteiger partial charge in [-0.05, 0) is 44.4 Å². The lowest BCUT2D eigenvalue weighted by Crippen LogP contribution is -2.47. The molecule has 0 spiro atoms. The number of ether oxygens (including phenoxy) is 3. The highest BCUT2D eigenvalue weighted by Crippen LogP contribution is 2.30. The maximum Gasteiger partial charge on any atom is 0.194 e. The SMILES string of the molecule is CCNC(=NCc1ccc2c(c1)OCCCO2)N1CCC(OCC)CC1.I. The van der Waals surface area contributed by atoms with E-state index in [-0.39, 0.29) is 24.0 Å². The fraction of sp³-hybridized carbons (Fsp3) is 0.650. The highest BCUT2D eigenvalue weighted by Gasteiger charge is 2.21. The molecule has 0 amide bonds.